The molecule has 1 aliphatic carbocycles. The minimum atomic E-state index is 0.184. The van der Waals surface area contributed by atoms with Crippen LogP contribution in [0.5, 0.6) is 5.75 Å². The zero-order valence-electron chi connectivity index (χ0n) is 15.7. The smallest absolute Gasteiger partial charge is 0.223 e. The van der Waals surface area contributed by atoms with Gasteiger partial charge in [-0.05, 0) is 68.3 Å². The van der Waals surface area contributed by atoms with Crippen molar-refractivity contribution in [1.29, 1.82) is 0 Å². The first-order chi connectivity index (χ1) is 12.7. The Morgan fingerprint density at radius 2 is 2.12 bits per heavy atom. The van der Waals surface area contributed by atoms with Crippen LogP contribution in [0.4, 0.5) is 0 Å². The molecule has 5 heteroatoms. The van der Waals surface area contributed by atoms with Gasteiger partial charge in [0.1, 0.15) is 5.75 Å². The van der Waals surface area contributed by atoms with Crippen LogP contribution < -0.4 is 10.1 Å². The highest BCUT2D eigenvalue weighted by atomic mass is 16.5. The molecule has 0 radical (unpaired) electrons. The largest absolute Gasteiger partial charge is 0.497 e. The van der Waals surface area contributed by atoms with Gasteiger partial charge in [-0.3, -0.25) is 9.69 Å². The number of nitrogens with one attached hydrogen (secondary N) is 1. The van der Waals surface area contributed by atoms with Crippen LogP contribution in [-0.2, 0) is 16.1 Å². The molecule has 1 amide bonds. The summed E-state index contributed by atoms with van der Waals surface area (Å²) in [7, 11) is 1.71. The molecule has 1 N–H and O–H groups in total. The maximum Gasteiger partial charge on any atom is 0.223 e. The third kappa shape index (κ3) is 3.89. The fourth-order valence-corrected chi connectivity index (χ4v) is 4.44. The second-order valence-corrected chi connectivity index (χ2v) is 8.15. The lowest BCUT2D eigenvalue weighted by molar-refractivity contribution is -0.127. The summed E-state index contributed by atoms with van der Waals surface area (Å²) in [6.07, 6.45) is 5.45. The molecule has 1 unspecified atom stereocenters. The van der Waals surface area contributed by atoms with Gasteiger partial charge in [-0.25, -0.2) is 0 Å². The third-order valence-electron chi connectivity index (χ3n) is 6.42. The van der Waals surface area contributed by atoms with E-state index in [0.717, 1.165) is 64.1 Å². The van der Waals surface area contributed by atoms with E-state index in [1.54, 1.807) is 7.11 Å². The van der Waals surface area contributed by atoms with Crippen molar-refractivity contribution in [3.8, 4) is 5.75 Å². The van der Waals surface area contributed by atoms with Crippen LogP contribution in [0.1, 0.15) is 37.7 Å². The van der Waals surface area contributed by atoms with Gasteiger partial charge < -0.3 is 14.8 Å². The number of hydrogen-bond acceptors (Lipinski definition) is 4. The molecule has 1 aromatic rings. The number of benzene rings is 1. The summed E-state index contributed by atoms with van der Waals surface area (Å²) in [5, 5.41) is 3.32. The highest BCUT2D eigenvalue weighted by Crippen LogP contribution is 2.42. The van der Waals surface area contributed by atoms with Gasteiger partial charge >= 0.3 is 0 Å². The van der Waals surface area contributed by atoms with Crippen LogP contribution in [0.3, 0.4) is 0 Å². The predicted molar refractivity (Wildman–Crippen MR) is 100 cm³/mol. The minimum Gasteiger partial charge on any atom is -0.497 e. The van der Waals surface area contributed by atoms with Gasteiger partial charge in [0, 0.05) is 19.1 Å². The molecule has 2 aliphatic heterocycles. The number of ether oxygens (including phenoxy) is 2. The van der Waals surface area contributed by atoms with Gasteiger partial charge in [0.05, 0.1) is 19.8 Å². The van der Waals surface area contributed by atoms with Crippen LogP contribution in [-0.4, -0.2) is 50.3 Å². The highest BCUT2D eigenvalue weighted by molar-refractivity contribution is 5.81. The maximum atomic E-state index is 12.3. The van der Waals surface area contributed by atoms with E-state index < -0.39 is 0 Å². The molecule has 0 aromatic heterocycles. The van der Waals surface area contributed by atoms with Gasteiger partial charge in [0.2, 0.25) is 5.91 Å². The molecule has 1 atom stereocenters. The number of rotatable bonds is 5. The summed E-state index contributed by atoms with van der Waals surface area (Å²) in [4.78, 5) is 14.8. The van der Waals surface area contributed by atoms with Crippen molar-refractivity contribution in [2.45, 2.75) is 44.7 Å². The normalized spacial score (nSPS) is 25.8. The van der Waals surface area contributed by atoms with Crippen LogP contribution in [0, 0.1) is 11.3 Å². The molecule has 1 spiro atoms. The number of nitrogens with zero attached hydrogens (tertiary/aromatic N) is 1. The maximum absolute atomic E-state index is 12.3. The molecule has 3 fully saturated rings. The van der Waals surface area contributed by atoms with E-state index in [1.165, 1.54) is 5.56 Å². The molecule has 4 rings (SSSR count). The number of carbonyl (C=O) groups excluding carboxylic acids is 1. The first-order valence-electron chi connectivity index (χ1n) is 9.92. The molecule has 2 saturated heterocycles. The average molecular weight is 358 g/mol. The molecule has 1 aromatic carbocycles. The zero-order valence-corrected chi connectivity index (χ0v) is 15.7. The van der Waals surface area contributed by atoms with Crippen molar-refractivity contribution in [3.05, 3.63) is 29.8 Å². The Hall–Kier alpha value is -1.59. The van der Waals surface area contributed by atoms with Crippen molar-refractivity contribution in [1.82, 2.24) is 10.2 Å². The number of hydrogen-bond donors (Lipinski definition) is 1. The van der Waals surface area contributed by atoms with Gasteiger partial charge in [0.25, 0.3) is 0 Å². The Bertz CT molecular complexity index is 636. The molecular formula is C21H30N2O3. The van der Waals surface area contributed by atoms with E-state index in [9.17, 15) is 4.79 Å². The van der Waals surface area contributed by atoms with Crippen molar-refractivity contribution in [3.63, 3.8) is 0 Å². The fourth-order valence-electron chi connectivity index (χ4n) is 4.44. The molecular weight excluding hydrogens is 328 g/mol. The van der Waals surface area contributed by atoms with Gasteiger partial charge in [-0.15, -0.1) is 0 Å². The number of amides is 1. The van der Waals surface area contributed by atoms with Gasteiger partial charge in [-0.2, -0.15) is 0 Å². The fraction of sp³-hybridized carbons (Fsp3) is 0.667. The Morgan fingerprint density at radius 3 is 2.85 bits per heavy atom. The monoisotopic (exact) mass is 358 g/mol. The number of piperidine rings is 1. The molecule has 3 aliphatic rings. The number of likely N-dealkylation sites (tertiary alicyclic amines) is 1. The van der Waals surface area contributed by atoms with Crippen LogP contribution in [0.2, 0.25) is 0 Å². The van der Waals surface area contributed by atoms with Gasteiger partial charge in [0.15, 0.2) is 0 Å². The summed E-state index contributed by atoms with van der Waals surface area (Å²) in [6.45, 7) is 4.61. The molecule has 5 nitrogen and oxygen atoms in total. The number of carbonyl (C=O) groups is 1. The second-order valence-electron chi connectivity index (χ2n) is 8.15. The van der Waals surface area contributed by atoms with Crippen LogP contribution in [0.25, 0.3) is 0 Å². The first-order valence-corrected chi connectivity index (χ1v) is 9.92. The van der Waals surface area contributed by atoms with Crippen molar-refractivity contribution in [2.24, 2.45) is 11.3 Å². The number of methoxy groups -OCH3 is 1. The Balaban J connectivity index is 1.36. The lowest BCUT2D eigenvalue weighted by atomic mass is 9.69. The highest BCUT2D eigenvalue weighted by Gasteiger charge is 2.45. The first kappa shape index (κ1) is 17.8. The molecule has 26 heavy (non-hydrogen) atoms. The van der Waals surface area contributed by atoms with E-state index in [-0.39, 0.29) is 23.3 Å². The lowest BCUT2D eigenvalue weighted by Gasteiger charge is -2.49. The summed E-state index contributed by atoms with van der Waals surface area (Å²) in [6, 6.07) is 8.52. The summed E-state index contributed by atoms with van der Waals surface area (Å²) >= 11 is 0. The standard InChI is InChI=1S/C21H30N2O3/c1-25-18-4-2-3-16(13-18)14-23-10-7-21(8-11-23)9-12-26-15-19(21)22-20(24)17-5-6-17/h2-4,13,17,19H,5-12,14-15H2,1H3,(H,22,24). The van der Waals surface area contributed by atoms with E-state index in [4.69, 9.17) is 9.47 Å². The predicted octanol–water partition coefficient (Wildman–Crippen LogP) is 2.59. The summed E-state index contributed by atoms with van der Waals surface area (Å²) in [5.41, 5.74) is 1.51. The van der Waals surface area contributed by atoms with Crippen LogP contribution >= 0.6 is 0 Å². The average Bonchev–Trinajstić information content (AvgIpc) is 3.51. The van der Waals surface area contributed by atoms with E-state index in [0.29, 0.717) is 6.61 Å². The second kappa shape index (κ2) is 7.57. The minimum absolute atomic E-state index is 0.184. The summed E-state index contributed by atoms with van der Waals surface area (Å²) in [5.74, 6) is 1.43. The molecule has 0 bridgehead atoms. The topological polar surface area (TPSA) is 50.8 Å². The SMILES string of the molecule is COc1cccc(CN2CCC3(CCOCC3NC(=O)C3CC3)CC2)c1. The Labute approximate surface area is 156 Å². The zero-order chi connectivity index (χ0) is 18.0. The van der Waals surface area contributed by atoms with Gasteiger partial charge in [-0.1, -0.05) is 12.1 Å². The van der Waals surface area contributed by atoms with Crippen molar-refractivity contribution in [2.75, 3.05) is 33.4 Å². The van der Waals surface area contributed by atoms with E-state index >= 15 is 0 Å². The third-order valence-corrected chi connectivity index (χ3v) is 6.42. The lowest BCUT2D eigenvalue weighted by Crippen LogP contribution is -2.57. The van der Waals surface area contributed by atoms with E-state index in [2.05, 4.69) is 28.4 Å². The molecule has 2 heterocycles. The summed E-state index contributed by atoms with van der Waals surface area (Å²) < 4.78 is 11.1. The quantitative estimate of drug-likeness (QED) is 0.879. The van der Waals surface area contributed by atoms with E-state index in [1.807, 2.05) is 6.07 Å². The Morgan fingerprint density at radius 1 is 1.31 bits per heavy atom. The van der Waals surface area contributed by atoms with Crippen molar-refractivity contribution >= 4 is 5.91 Å². The van der Waals surface area contributed by atoms with Crippen LogP contribution in [0.15, 0.2) is 24.3 Å². The molecule has 1 saturated carbocycles. The van der Waals surface area contributed by atoms with Crippen molar-refractivity contribution < 1.29 is 14.3 Å². The Kier molecular flexibility index (Phi) is 5.18. The molecule has 142 valence electrons.